The van der Waals surface area contributed by atoms with E-state index >= 15 is 0 Å². The molecule has 0 bridgehead atoms. The Morgan fingerprint density at radius 3 is 2.44 bits per heavy atom. The molecule has 1 saturated carbocycles. The highest BCUT2D eigenvalue weighted by Crippen LogP contribution is 2.47. The number of hydrogen-bond donors (Lipinski definition) is 0. The van der Waals surface area contributed by atoms with Crippen molar-refractivity contribution in [2.75, 3.05) is 18.0 Å². The van der Waals surface area contributed by atoms with Gasteiger partial charge in [0, 0.05) is 43.3 Å². The van der Waals surface area contributed by atoms with Crippen molar-refractivity contribution in [3.8, 4) is 0 Å². The molecule has 5 heteroatoms. The van der Waals surface area contributed by atoms with Crippen LogP contribution in [0.5, 0.6) is 0 Å². The van der Waals surface area contributed by atoms with Gasteiger partial charge in [-0.2, -0.15) is 0 Å². The molecule has 0 N–H and O–H groups in total. The van der Waals surface area contributed by atoms with Crippen molar-refractivity contribution in [3.63, 3.8) is 0 Å². The lowest BCUT2D eigenvalue weighted by Gasteiger charge is -2.34. The second kappa shape index (κ2) is 9.35. The van der Waals surface area contributed by atoms with Gasteiger partial charge in [0.05, 0.1) is 11.4 Å². The average molecular weight is 428 g/mol. The van der Waals surface area contributed by atoms with Crippen LogP contribution in [0.4, 0.5) is 5.95 Å². The summed E-state index contributed by atoms with van der Waals surface area (Å²) in [4.78, 5) is 21.3. The number of hydrogen-bond acceptors (Lipinski definition) is 5. The fourth-order valence-electron chi connectivity index (χ4n) is 5.48. The molecule has 0 unspecified atom stereocenters. The maximum atomic E-state index is 5.34. The van der Waals surface area contributed by atoms with Crippen molar-refractivity contribution >= 4 is 5.95 Å². The van der Waals surface area contributed by atoms with E-state index in [1.165, 1.54) is 42.5 Å². The van der Waals surface area contributed by atoms with Crippen LogP contribution < -0.4 is 4.90 Å². The van der Waals surface area contributed by atoms with Gasteiger partial charge < -0.3 is 4.90 Å². The van der Waals surface area contributed by atoms with Gasteiger partial charge in [0.15, 0.2) is 0 Å². The summed E-state index contributed by atoms with van der Waals surface area (Å²) < 4.78 is 0. The summed E-state index contributed by atoms with van der Waals surface area (Å²) in [5, 5.41) is 0. The lowest BCUT2D eigenvalue weighted by atomic mass is 9.74. The number of aryl methyl sites for hydroxylation is 2. The SMILES string of the molecule is CC1CCN(c2ncc(CCc3cnccn3)c(C3(c4ccccc4)CCCC3)n2)CC1. The molecule has 0 radical (unpaired) electrons. The lowest BCUT2D eigenvalue weighted by molar-refractivity contribution is 0.432. The molecule has 0 spiro atoms. The number of anilines is 1. The predicted octanol–water partition coefficient (Wildman–Crippen LogP) is 5.15. The summed E-state index contributed by atoms with van der Waals surface area (Å²) in [5.41, 5.74) is 4.91. The fourth-order valence-corrected chi connectivity index (χ4v) is 5.48. The van der Waals surface area contributed by atoms with E-state index in [0.29, 0.717) is 0 Å². The Hall–Kier alpha value is -2.82. The van der Waals surface area contributed by atoms with Crippen LogP contribution in [0.15, 0.2) is 55.1 Å². The second-order valence-corrected chi connectivity index (χ2v) is 9.57. The zero-order valence-electron chi connectivity index (χ0n) is 19.1. The first-order valence-corrected chi connectivity index (χ1v) is 12.2. The Kier molecular flexibility index (Phi) is 6.15. The third-order valence-corrected chi connectivity index (χ3v) is 7.42. The van der Waals surface area contributed by atoms with E-state index in [9.17, 15) is 0 Å². The Labute approximate surface area is 191 Å². The first-order valence-electron chi connectivity index (χ1n) is 12.2. The molecule has 5 rings (SSSR count). The summed E-state index contributed by atoms with van der Waals surface area (Å²) in [7, 11) is 0. The molecule has 166 valence electrons. The van der Waals surface area contributed by atoms with Crippen molar-refractivity contribution in [3.05, 3.63) is 77.6 Å². The highest BCUT2D eigenvalue weighted by molar-refractivity contribution is 5.44. The number of benzene rings is 1. The maximum Gasteiger partial charge on any atom is 0.225 e. The highest BCUT2D eigenvalue weighted by Gasteiger charge is 2.40. The van der Waals surface area contributed by atoms with E-state index in [4.69, 9.17) is 9.97 Å². The number of piperidine rings is 1. The third-order valence-electron chi connectivity index (χ3n) is 7.42. The fraction of sp³-hybridized carbons (Fsp3) is 0.481. The van der Waals surface area contributed by atoms with Crippen molar-refractivity contribution in [1.82, 2.24) is 19.9 Å². The Balaban J connectivity index is 1.54. The minimum Gasteiger partial charge on any atom is -0.341 e. The molecule has 2 aromatic heterocycles. The standard InChI is InChI=1S/C27H33N5/c1-21-11-17-32(18-12-21)26-30-19-22(9-10-24-20-28-15-16-29-24)25(31-26)27(13-5-6-14-27)23-7-3-2-4-8-23/h2-4,7-8,15-16,19-21H,5-6,9-14,17-18H2,1H3. The molecular weight excluding hydrogens is 394 g/mol. The minimum atomic E-state index is -0.0142. The molecule has 3 heterocycles. The lowest BCUT2D eigenvalue weighted by Crippen LogP contribution is -2.35. The van der Waals surface area contributed by atoms with E-state index < -0.39 is 0 Å². The molecule has 0 amide bonds. The monoisotopic (exact) mass is 427 g/mol. The van der Waals surface area contributed by atoms with Crippen LogP contribution in [0, 0.1) is 5.92 Å². The zero-order chi connectivity index (χ0) is 21.8. The number of aromatic nitrogens is 4. The Bertz CT molecular complexity index is 1010. The molecule has 1 saturated heterocycles. The number of nitrogens with zero attached hydrogens (tertiary/aromatic N) is 5. The topological polar surface area (TPSA) is 54.8 Å². The van der Waals surface area contributed by atoms with Gasteiger partial charge in [-0.3, -0.25) is 9.97 Å². The minimum absolute atomic E-state index is 0.0142. The zero-order valence-corrected chi connectivity index (χ0v) is 19.1. The van der Waals surface area contributed by atoms with Gasteiger partial charge >= 0.3 is 0 Å². The molecule has 1 aliphatic heterocycles. The van der Waals surface area contributed by atoms with Crippen LogP contribution in [0.3, 0.4) is 0 Å². The van der Waals surface area contributed by atoms with Gasteiger partial charge in [-0.25, -0.2) is 9.97 Å². The van der Waals surface area contributed by atoms with E-state index in [0.717, 1.165) is 56.3 Å². The third kappa shape index (κ3) is 4.25. The molecule has 32 heavy (non-hydrogen) atoms. The number of rotatable bonds is 6. The van der Waals surface area contributed by atoms with E-state index in [1.807, 2.05) is 6.20 Å². The molecule has 5 nitrogen and oxygen atoms in total. The van der Waals surface area contributed by atoms with Crippen molar-refractivity contribution < 1.29 is 0 Å². The molecule has 0 atom stereocenters. The summed E-state index contributed by atoms with van der Waals surface area (Å²) in [6, 6.07) is 11.0. The first kappa shape index (κ1) is 21.0. The van der Waals surface area contributed by atoms with Gasteiger partial charge in [-0.05, 0) is 55.6 Å². The van der Waals surface area contributed by atoms with Crippen molar-refractivity contribution in [2.45, 2.75) is 63.7 Å². The van der Waals surface area contributed by atoms with Crippen LogP contribution in [-0.4, -0.2) is 33.0 Å². The summed E-state index contributed by atoms with van der Waals surface area (Å²) in [6.07, 6.45) is 16.5. The van der Waals surface area contributed by atoms with E-state index in [1.54, 1.807) is 12.4 Å². The molecule has 1 aliphatic carbocycles. The largest absolute Gasteiger partial charge is 0.341 e. The molecule has 3 aromatic rings. The van der Waals surface area contributed by atoms with Crippen LogP contribution in [0.25, 0.3) is 0 Å². The summed E-state index contributed by atoms with van der Waals surface area (Å²) in [6.45, 7) is 4.46. The molecule has 2 fully saturated rings. The van der Waals surface area contributed by atoms with Gasteiger partial charge in [0.1, 0.15) is 0 Å². The Morgan fingerprint density at radius 2 is 1.72 bits per heavy atom. The first-order chi connectivity index (χ1) is 15.7. The van der Waals surface area contributed by atoms with Crippen LogP contribution in [0.1, 0.15) is 68.0 Å². The van der Waals surface area contributed by atoms with Crippen LogP contribution >= 0.6 is 0 Å². The van der Waals surface area contributed by atoms with Crippen LogP contribution in [0.2, 0.25) is 0 Å². The maximum absolute atomic E-state index is 5.34. The van der Waals surface area contributed by atoms with Gasteiger partial charge in [-0.15, -0.1) is 0 Å². The Morgan fingerprint density at radius 1 is 0.938 bits per heavy atom. The molecule has 1 aromatic carbocycles. The predicted molar refractivity (Wildman–Crippen MR) is 128 cm³/mol. The van der Waals surface area contributed by atoms with Gasteiger partial charge in [0.25, 0.3) is 0 Å². The van der Waals surface area contributed by atoms with Crippen LogP contribution in [-0.2, 0) is 18.3 Å². The summed E-state index contributed by atoms with van der Waals surface area (Å²) >= 11 is 0. The molecule has 2 aliphatic rings. The van der Waals surface area contributed by atoms with Crippen molar-refractivity contribution in [1.29, 1.82) is 0 Å². The van der Waals surface area contributed by atoms with Crippen molar-refractivity contribution in [2.24, 2.45) is 5.92 Å². The van der Waals surface area contributed by atoms with E-state index in [2.05, 4.69) is 58.3 Å². The highest BCUT2D eigenvalue weighted by atomic mass is 15.3. The second-order valence-electron chi connectivity index (χ2n) is 9.57. The van der Waals surface area contributed by atoms with E-state index in [-0.39, 0.29) is 5.41 Å². The summed E-state index contributed by atoms with van der Waals surface area (Å²) in [5.74, 6) is 1.71. The quantitative estimate of drug-likeness (QED) is 0.545. The van der Waals surface area contributed by atoms with Gasteiger partial charge in [-0.1, -0.05) is 50.1 Å². The molecular formula is C27H33N5. The average Bonchev–Trinajstić information content (AvgIpc) is 3.36. The normalized spacial score (nSPS) is 18.7. The van der Waals surface area contributed by atoms with Gasteiger partial charge in [0.2, 0.25) is 5.95 Å². The smallest absolute Gasteiger partial charge is 0.225 e.